The molecule has 1 amide bonds. The lowest BCUT2D eigenvalue weighted by molar-refractivity contribution is -0.0816. The molecule has 2 N–H and O–H groups in total. The van der Waals surface area contributed by atoms with Crippen molar-refractivity contribution in [1.82, 2.24) is 5.01 Å². The number of amides is 1. The largest absolute Gasteiger partial charge is 0.507 e. The van der Waals surface area contributed by atoms with Crippen molar-refractivity contribution < 1.29 is 28.2 Å². The Morgan fingerprint density at radius 3 is 2.44 bits per heavy atom. The number of rotatable bonds is 2. The number of carbonyl (C=O) groups is 1. The number of phenols is 1. The molecule has 1 atom stereocenters. The Balaban J connectivity index is 2.12. The Morgan fingerprint density at radius 1 is 1.22 bits per heavy atom. The van der Waals surface area contributed by atoms with E-state index in [2.05, 4.69) is 5.10 Å². The number of para-hydroxylation sites is 1. The van der Waals surface area contributed by atoms with E-state index in [-0.39, 0.29) is 11.1 Å². The number of hydrazone groups is 1. The molecule has 1 aliphatic heterocycles. The molecule has 0 saturated heterocycles. The second kappa shape index (κ2) is 6.54. The van der Waals surface area contributed by atoms with Gasteiger partial charge in [-0.15, -0.1) is 0 Å². The molecule has 9 heteroatoms. The average Bonchev–Trinajstić information content (AvgIpc) is 2.96. The quantitative estimate of drug-likeness (QED) is 0.804. The summed E-state index contributed by atoms with van der Waals surface area (Å²) in [6, 6.07) is 9.63. The number of carbonyl (C=O) groups excluding carboxylic acids is 1. The van der Waals surface area contributed by atoms with Crippen LogP contribution in [0.3, 0.4) is 0 Å². The van der Waals surface area contributed by atoms with Gasteiger partial charge in [0.25, 0.3) is 5.91 Å². The van der Waals surface area contributed by atoms with Gasteiger partial charge in [0.05, 0.1) is 12.0 Å². The van der Waals surface area contributed by atoms with Crippen molar-refractivity contribution in [3.63, 3.8) is 0 Å². The van der Waals surface area contributed by atoms with Crippen LogP contribution in [0.5, 0.6) is 5.75 Å². The van der Waals surface area contributed by atoms with Crippen molar-refractivity contribution in [1.29, 1.82) is 0 Å². The highest BCUT2D eigenvalue weighted by molar-refractivity contribution is 6.30. The van der Waals surface area contributed by atoms with Gasteiger partial charge in [0.15, 0.2) is 5.72 Å². The lowest BCUT2D eigenvalue weighted by atomic mass is 9.96. The summed E-state index contributed by atoms with van der Waals surface area (Å²) in [6.45, 7) is 1.53. The third kappa shape index (κ3) is 3.38. The third-order valence-electron chi connectivity index (χ3n) is 4.28. The molecule has 0 spiro atoms. The molecule has 0 bridgehead atoms. The Morgan fingerprint density at radius 2 is 1.85 bits per heavy atom. The van der Waals surface area contributed by atoms with Crippen LogP contribution in [0.15, 0.2) is 47.6 Å². The number of aryl methyl sites for hydroxylation is 1. The van der Waals surface area contributed by atoms with E-state index in [1.165, 1.54) is 49.4 Å². The number of aromatic hydroxyl groups is 1. The van der Waals surface area contributed by atoms with Crippen molar-refractivity contribution in [3.8, 4) is 5.75 Å². The molecular formula is C18H14ClF3N2O3. The Labute approximate surface area is 157 Å². The summed E-state index contributed by atoms with van der Waals surface area (Å²) >= 11 is 5.79. The number of halogens is 4. The van der Waals surface area contributed by atoms with Gasteiger partial charge in [-0.1, -0.05) is 35.9 Å². The molecule has 142 valence electrons. The van der Waals surface area contributed by atoms with E-state index in [0.717, 1.165) is 0 Å². The summed E-state index contributed by atoms with van der Waals surface area (Å²) in [7, 11) is 0. The van der Waals surface area contributed by atoms with Crippen LogP contribution in [-0.4, -0.2) is 33.0 Å². The van der Waals surface area contributed by atoms with Crippen molar-refractivity contribution in [2.24, 2.45) is 5.10 Å². The van der Waals surface area contributed by atoms with E-state index in [0.29, 0.717) is 15.6 Å². The van der Waals surface area contributed by atoms with E-state index in [9.17, 15) is 28.2 Å². The van der Waals surface area contributed by atoms with E-state index in [4.69, 9.17) is 11.6 Å². The van der Waals surface area contributed by atoms with Crippen LogP contribution in [0.4, 0.5) is 13.2 Å². The number of benzene rings is 2. The van der Waals surface area contributed by atoms with Crippen molar-refractivity contribution in [3.05, 3.63) is 64.2 Å². The highest BCUT2D eigenvalue weighted by atomic mass is 35.5. The van der Waals surface area contributed by atoms with E-state index < -0.39 is 35.7 Å². The SMILES string of the molecule is Cc1cccc(C(=O)N2N=C(C(F)(F)F)C[C@]2(O)c2ccc(Cl)cc2)c1O. The van der Waals surface area contributed by atoms with Gasteiger partial charge in [-0.3, -0.25) is 4.79 Å². The molecule has 5 nitrogen and oxygen atoms in total. The summed E-state index contributed by atoms with van der Waals surface area (Å²) in [5.41, 5.74) is -3.58. The van der Waals surface area contributed by atoms with Crippen LogP contribution in [0.2, 0.25) is 5.02 Å². The highest BCUT2D eigenvalue weighted by Crippen LogP contribution is 2.41. The standard InChI is InChI=1S/C18H14ClF3N2O3/c1-10-3-2-4-13(15(10)25)16(26)24-17(27,9-14(23-24)18(20,21)22)11-5-7-12(19)8-6-11/h2-8,25,27H,9H2,1H3/t17-/m0/s1. The summed E-state index contributed by atoms with van der Waals surface area (Å²) in [6.07, 6.45) is -5.78. The topological polar surface area (TPSA) is 73.1 Å². The zero-order valence-corrected chi connectivity index (χ0v) is 14.7. The van der Waals surface area contributed by atoms with Crippen LogP contribution < -0.4 is 0 Å². The van der Waals surface area contributed by atoms with Gasteiger partial charge >= 0.3 is 6.18 Å². The van der Waals surface area contributed by atoms with Crippen LogP contribution in [0.25, 0.3) is 0 Å². The Hall–Kier alpha value is -2.58. The second-order valence-electron chi connectivity index (χ2n) is 6.13. The molecule has 2 aromatic carbocycles. The van der Waals surface area contributed by atoms with Gasteiger partial charge in [-0.2, -0.15) is 23.3 Å². The van der Waals surface area contributed by atoms with Crippen LogP contribution >= 0.6 is 11.6 Å². The number of phenolic OH excluding ortho intramolecular Hbond substituents is 1. The minimum atomic E-state index is -4.83. The van der Waals surface area contributed by atoms with Gasteiger partial charge in [0.2, 0.25) is 0 Å². The van der Waals surface area contributed by atoms with Gasteiger partial charge in [0, 0.05) is 10.6 Å². The fourth-order valence-electron chi connectivity index (χ4n) is 2.80. The number of alkyl halides is 3. The Bertz CT molecular complexity index is 928. The molecule has 0 radical (unpaired) electrons. The summed E-state index contributed by atoms with van der Waals surface area (Å²) in [5.74, 6) is -1.45. The minimum Gasteiger partial charge on any atom is -0.507 e. The number of hydrogen-bond donors (Lipinski definition) is 2. The van der Waals surface area contributed by atoms with E-state index in [1.807, 2.05) is 0 Å². The number of nitrogens with zero attached hydrogens (tertiary/aromatic N) is 2. The van der Waals surface area contributed by atoms with Crippen molar-refractivity contribution >= 4 is 23.2 Å². The third-order valence-corrected chi connectivity index (χ3v) is 4.53. The summed E-state index contributed by atoms with van der Waals surface area (Å²) < 4.78 is 39.6. The fourth-order valence-corrected chi connectivity index (χ4v) is 2.93. The zero-order valence-electron chi connectivity index (χ0n) is 14.0. The molecule has 0 unspecified atom stereocenters. The molecule has 3 rings (SSSR count). The lowest BCUT2D eigenvalue weighted by Gasteiger charge is -2.31. The van der Waals surface area contributed by atoms with Gasteiger partial charge in [0.1, 0.15) is 11.5 Å². The first-order valence-corrected chi connectivity index (χ1v) is 8.18. The normalized spacial score (nSPS) is 19.9. The van der Waals surface area contributed by atoms with Crippen molar-refractivity contribution in [2.75, 3.05) is 0 Å². The number of hydrogen-bond acceptors (Lipinski definition) is 4. The zero-order chi connectivity index (χ0) is 20.0. The summed E-state index contributed by atoms with van der Waals surface area (Å²) in [4.78, 5) is 12.9. The van der Waals surface area contributed by atoms with E-state index in [1.54, 1.807) is 0 Å². The molecular weight excluding hydrogens is 385 g/mol. The first kappa shape index (κ1) is 19.2. The predicted octanol–water partition coefficient (Wildman–Crippen LogP) is 3.96. The average molecular weight is 399 g/mol. The van der Waals surface area contributed by atoms with Crippen LogP contribution in [0.1, 0.15) is 27.9 Å². The molecule has 1 aliphatic rings. The maximum Gasteiger partial charge on any atom is 0.431 e. The fraction of sp³-hybridized carbons (Fsp3) is 0.222. The first-order valence-electron chi connectivity index (χ1n) is 7.80. The monoisotopic (exact) mass is 398 g/mol. The Kier molecular flexibility index (Phi) is 4.65. The molecule has 2 aromatic rings. The molecule has 0 aromatic heterocycles. The van der Waals surface area contributed by atoms with Crippen molar-refractivity contribution in [2.45, 2.75) is 25.2 Å². The molecule has 0 aliphatic carbocycles. The maximum atomic E-state index is 13.2. The lowest BCUT2D eigenvalue weighted by Crippen LogP contribution is -2.43. The smallest absolute Gasteiger partial charge is 0.431 e. The maximum absolute atomic E-state index is 13.2. The first-order chi connectivity index (χ1) is 12.5. The second-order valence-corrected chi connectivity index (χ2v) is 6.57. The molecule has 0 fully saturated rings. The summed E-state index contributed by atoms with van der Waals surface area (Å²) in [5, 5.41) is 25.1. The predicted molar refractivity (Wildman–Crippen MR) is 92.5 cm³/mol. The van der Waals surface area contributed by atoms with Gasteiger partial charge < -0.3 is 10.2 Å². The minimum absolute atomic E-state index is 0.00962. The van der Waals surface area contributed by atoms with Gasteiger partial charge in [-0.25, -0.2) is 0 Å². The van der Waals surface area contributed by atoms with Crippen LogP contribution in [0, 0.1) is 6.92 Å². The van der Waals surface area contributed by atoms with Crippen LogP contribution in [-0.2, 0) is 5.72 Å². The highest BCUT2D eigenvalue weighted by Gasteiger charge is 2.53. The van der Waals surface area contributed by atoms with Gasteiger partial charge in [-0.05, 0) is 30.7 Å². The van der Waals surface area contributed by atoms with E-state index >= 15 is 0 Å². The molecule has 27 heavy (non-hydrogen) atoms. The number of aliphatic hydroxyl groups is 1. The molecule has 1 heterocycles. The molecule has 0 saturated carbocycles.